The standard InChI is InChI=1S/C25H20N6O2S/c32-23-19(16-12-26-18-7-11-34-22(16)18)20(24(33)29-23)21-15-5-1-2-6-17(15)27-25(28-21)31-10-9-30-8-3-4-14(30)13-31/h1-2,4-7,11-12,26H,3,8-10,13H2,(H,29,32,33). The van der Waals surface area contributed by atoms with Gasteiger partial charge in [-0.2, -0.15) is 0 Å². The molecule has 2 N–H and O–H groups in total. The van der Waals surface area contributed by atoms with Crippen molar-refractivity contribution in [2.24, 2.45) is 0 Å². The Morgan fingerprint density at radius 3 is 2.74 bits per heavy atom. The fourth-order valence-electron chi connectivity index (χ4n) is 5.13. The van der Waals surface area contributed by atoms with E-state index in [4.69, 9.17) is 9.97 Å². The molecule has 3 aliphatic rings. The summed E-state index contributed by atoms with van der Waals surface area (Å²) >= 11 is 1.54. The van der Waals surface area contributed by atoms with Gasteiger partial charge in [0, 0.05) is 42.5 Å². The summed E-state index contributed by atoms with van der Waals surface area (Å²) in [6, 6.07) is 9.63. The number of nitrogens with one attached hydrogen (secondary N) is 2. The molecule has 34 heavy (non-hydrogen) atoms. The average Bonchev–Trinajstić information content (AvgIpc) is 3.62. The van der Waals surface area contributed by atoms with Crippen LogP contribution in [0.15, 0.2) is 53.7 Å². The van der Waals surface area contributed by atoms with E-state index in [9.17, 15) is 9.59 Å². The molecule has 7 rings (SSSR count). The van der Waals surface area contributed by atoms with Crippen LogP contribution in [0, 0.1) is 0 Å². The van der Waals surface area contributed by atoms with Gasteiger partial charge in [0.15, 0.2) is 0 Å². The van der Waals surface area contributed by atoms with Gasteiger partial charge in [0.25, 0.3) is 11.8 Å². The lowest BCUT2D eigenvalue weighted by atomic mass is 9.99. The van der Waals surface area contributed by atoms with Crippen LogP contribution in [-0.4, -0.2) is 57.8 Å². The summed E-state index contributed by atoms with van der Waals surface area (Å²) < 4.78 is 0.945. The van der Waals surface area contributed by atoms with Crippen molar-refractivity contribution in [1.82, 2.24) is 25.2 Å². The van der Waals surface area contributed by atoms with Crippen LogP contribution in [0.1, 0.15) is 17.7 Å². The summed E-state index contributed by atoms with van der Waals surface area (Å²) in [6.45, 7) is 3.53. The molecule has 0 spiro atoms. The van der Waals surface area contributed by atoms with Crippen molar-refractivity contribution in [2.45, 2.75) is 6.42 Å². The van der Waals surface area contributed by atoms with Crippen molar-refractivity contribution >= 4 is 61.4 Å². The number of imide groups is 1. The molecule has 1 saturated heterocycles. The fourth-order valence-corrected chi connectivity index (χ4v) is 6.02. The van der Waals surface area contributed by atoms with Gasteiger partial charge in [0.05, 0.1) is 39.1 Å². The second kappa shape index (κ2) is 7.26. The van der Waals surface area contributed by atoms with Gasteiger partial charge >= 0.3 is 0 Å². The molecular weight excluding hydrogens is 448 g/mol. The number of amides is 2. The molecule has 0 atom stereocenters. The zero-order valence-electron chi connectivity index (χ0n) is 18.2. The maximum absolute atomic E-state index is 13.2. The highest BCUT2D eigenvalue weighted by Gasteiger charge is 2.36. The molecule has 0 radical (unpaired) electrons. The van der Waals surface area contributed by atoms with Crippen LogP contribution < -0.4 is 10.2 Å². The zero-order chi connectivity index (χ0) is 22.8. The van der Waals surface area contributed by atoms with Crippen molar-refractivity contribution in [3.63, 3.8) is 0 Å². The molecule has 0 unspecified atom stereocenters. The summed E-state index contributed by atoms with van der Waals surface area (Å²) in [5.41, 5.74) is 4.86. The molecule has 168 valence electrons. The molecule has 1 aromatic carbocycles. The van der Waals surface area contributed by atoms with E-state index in [0.717, 1.165) is 59.3 Å². The van der Waals surface area contributed by atoms with Gasteiger partial charge in [-0.15, -0.1) is 11.3 Å². The number of benzene rings is 1. The van der Waals surface area contributed by atoms with Crippen LogP contribution in [0.5, 0.6) is 0 Å². The third kappa shape index (κ3) is 2.83. The maximum Gasteiger partial charge on any atom is 0.261 e. The van der Waals surface area contributed by atoms with Gasteiger partial charge < -0.3 is 14.8 Å². The minimum absolute atomic E-state index is 0.304. The minimum Gasteiger partial charge on any atom is -0.372 e. The van der Waals surface area contributed by atoms with Crippen LogP contribution >= 0.6 is 11.3 Å². The first-order valence-electron chi connectivity index (χ1n) is 11.3. The van der Waals surface area contributed by atoms with Crippen molar-refractivity contribution in [1.29, 1.82) is 0 Å². The second-order valence-electron chi connectivity index (χ2n) is 8.68. The van der Waals surface area contributed by atoms with Gasteiger partial charge in [-0.1, -0.05) is 24.3 Å². The highest BCUT2D eigenvalue weighted by atomic mass is 32.1. The van der Waals surface area contributed by atoms with Crippen LogP contribution in [-0.2, 0) is 9.59 Å². The number of para-hydroxylation sites is 1. The lowest BCUT2D eigenvalue weighted by Gasteiger charge is -2.35. The molecule has 4 aromatic rings. The predicted octanol–water partition coefficient (Wildman–Crippen LogP) is 3.15. The SMILES string of the molecule is O=C1NC(=O)C(c2c[nH]c3ccsc23)=C1c1nc(N2CCN3CCC=C3C2)nc2ccccc12. The van der Waals surface area contributed by atoms with Gasteiger partial charge in [0.1, 0.15) is 0 Å². The van der Waals surface area contributed by atoms with E-state index in [0.29, 0.717) is 22.8 Å². The van der Waals surface area contributed by atoms with Crippen molar-refractivity contribution in [3.8, 4) is 0 Å². The Morgan fingerprint density at radius 2 is 1.79 bits per heavy atom. The van der Waals surface area contributed by atoms with E-state index in [1.165, 1.54) is 17.0 Å². The number of carbonyl (C=O) groups excluding carboxylic acids is 2. The Bertz CT molecular complexity index is 1580. The van der Waals surface area contributed by atoms with Crippen LogP contribution in [0.4, 0.5) is 5.95 Å². The summed E-state index contributed by atoms with van der Waals surface area (Å²) in [6.07, 6.45) is 5.14. The van der Waals surface area contributed by atoms with E-state index >= 15 is 0 Å². The smallest absolute Gasteiger partial charge is 0.261 e. The molecule has 0 bridgehead atoms. The number of aromatic amines is 1. The Hall–Kier alpha value is -3.98. The number of carbonyl (C=O) groups is 2. The predicted molar refractivity (Wildman–Crippen MR) is 132 cm³/mol. The summed E-state index contributed by atoms with van der Waals surface area (Å²) in [5.74, 6) is -0.247. The summed E-state index contributed by atoms with van der Waals surface area (Å²) in [4.78, 5) is 43.7. The number of H-pyrrole nitrogens is 1. The third-order valence-electron chi connectivity index (χ3n) is 6.77. The van der Waals surface area contributed by atoms with Gasteiger partial charge in [-0.05, 0) is 23.9 Å². The van der Waals surface area contributed by atoms with Crippen molar-refractivity contribution < 1.29 is 9.59 Å². The van der Waals surface area contributed by atoms with Crippen molar-refractivity contribution in [3.05, 3.63) is 64.9 Å². The monoisotopic (exact) mass is 468 g/mol. The third-order valence-corrected chi connectivity index (χ3v) is 7.72. The lowest BCUT2D eigenvalue weighted by Crippen LogP contribution is -2.44. The van der Waals surface area contributed by atoms with E-state index < -0.39 is 11.8 Å². The highest BCUT2D eigenvalue weighted by molar-refractivity contribution is 7.17. The number of anilines is 1. The molecule has 3 aromatic heterocycles. The Balaban J connectivity index is 1.45. The molecular formula is C25H20N6O2S. The maximum atomic E-state index is 13.2. The number of aromatic nitrogens is 3. The molecule has 6 heterocycles. The number of hydrogen-bond donors (Lipinski definition) is 2. The number of piperazine rings is 1. The largest absolute Gasteiger partial charge is 0.372 e. The summed E-state index contributed by atoms with van der Waals surface area (Å²) in [7, 11) is 0. The Morgan fingerprint density at radius 1 is 0.941 bits per heavy atom. The van der Waals surface area contributed by atoms with E-state index in [2.05, 4.69) is 26.2 Å². The molecule has 0 saturated carbocycles. The topological polar surface area (TPSA) is 94.2 Å². The van der Waals surface area contributed by atoms with Crippen LogP contribution in [0.3, 0.4) is 0 Å². The van der Waals surface area contributed by atoms with Crippen LogP contribution in [0.25, 0.3) is 32.3 Å². The van der Waals surface area contributed by atoms with Gasteiger partial charge in [0.2, 0.25) is 5.95 Å². The number of hydrogen-bond acceptors (Lipinski definition) is 7. The first-order valence-corrected chi connectivity index (χ1v) is 12.2. The Kier molecular flexibility index (Phi) is 4.16. The van der Waals surface area contributed by atoms with E-state index in [1.807, 2.05) is 35.7 Å². The van der Waals surface area contributed by atoms with Crippen molar-refractivity contribution in [2.75, 3.05) is 31.1 Å². The second-order valence-corrected chi connectivity index (χ2v) is 9.60. The van der Waals surface area contributed by atoms with Crippen LogP contribution in [0.2, 0.25) is 0 Å². The number of nitrogens with zero attached hydrogens (tertiary/aromatic N) is 4. The molecule has 3 aliphatic heterocycles. The molecule has 8 nitrogen and oxygen atoms in total. The van der Waals surface area contributed by atoms with E-state index in [1.54, 1.807) is 6.20 Å². The average molecular weight is 469 g/mol. The number of thiophene rings is 1. The quantitative estimate of drug-likeness (QED) is 0.449. The fraction of sp³-hybridized carbons (Fsp3) is 0.200. The molecule has 2 amide bonds. The summed E-state index contributed by atoms with van der Waals surface area (Å²) in [5, 5.41) is 5.22. The normalized spacial score (nSPS) is 18.3. The first-order chi connectivity index (χ1) is 16.7. The van der Waals surface area contributed by atoms with E-state index in [-0.39, 0.29) is 0 Å². The lowest BCUT2D eigenvalue weighted by molar-refractivity contribution is -0.122. The van der Waals surface area contributed by atoms with Gasteiger partial charge in [-0.25, -0.2) is 9.97 Å². The Labute approximate surface area is 198 Å². The minimum atomic E-state index is -0.427. The highest BCUT2D eigenvalue weighted by Crippen LogP contribution is 2.38. The first kappa shape index (κ1) is 19.5. The molecule has 0 aliphatic carbocycles. The molecule has 1 fully saturated rings. The van der Waals surface area contributed by atoms with Gasteiger partial charge in [-0.3, -0.25) is 14.9 Å². The number of fused-ring (bicyclic) bond motifs is 3. The zero-order valence-corrected chi connectivity index (χ0v) is 19.0. The molecule has 9 heteroatoms. The number of rotatable bonds is 3.